The number of anilines is 1. The Kier molecular flexibility index (Phi) is 4.82. The molecule has 0 spiro atoms. The summed E-state index contributed by atoms with van der Waals surface area (Å²) in [6, 6.07) is 7.33. The summed E-state index contributed by atoms with van der Waals surface area (Å²) in [7, 11) is -4.01. The van der Waals surface area contributed by atoms with Gasteiger partial charge in [-0.1, -0.05) is 6.07 Å². The van der Waals surface area contributed by atoms with Crippen molar-refractivity contribution >= 4 is 27.5 Å². The number of sulfonamides is 1. The summed E-state index contributed by atoms with van der Waals surface area (Å²) in [4.78, 5) is 24.7. The van der Waals surface area contributed by atoms with Gasteiger partial charge in [-0.25, -0.2) is 8.42 Å². The van der Waals surface area contributed by atoms with Crippen LogP contribution in [-0.4, -0.2) is 20.2 Å². The Morgan fingerprint density at radius 1 is 1.17 bits per heavy atom. The number of furan rings is 1. The van der Waals surface area contributed by atoms with Crippen LogP contribution in [0.15, 0.2) is 45.9 Å². The van der Waals surface area contributed by atoms with Crippen LogP contribution < -0.4 is 15.6 Å². The maximum Gasteiger partial charge on any atom is 0.301 e. The molecule has 1 aromatic carbocycles. The Balaban J connectivity index is 2.18. The van der Waals surface area contributed by atoms with Gasteiger partial charge >= 0.3 is 5.91 Å². The lowest BCUT2D eigenvalue weighted by molar-refractivity contribution is -0.114. The number of aryl methyl sites for hydroxylation is 1. The lowest BCUT2D eigenvalue weighted by Crippen LogP contribution is -2.41. The van der Waals surface area contributed by atoms with Crippen LogP contribution in [0.3, 0.4) is 0 Å². The molecule has 23 heavy (non-hydrogen) atoms. The second kappa shape index (κ2) is 6.63. The van der Waals surface area contributed by atoms with E-state index in [-0.39, 0.29) is 16.6 Å². The topological polar surface area (TPSA) is 118 Å². The van der Waals surface area contributed by atoms with Gasteiger partial charge in [0.2, 0.25) is 5.91 Å². The SMILES string of the molecule is CC(=O)Nc1ccc(C)c(S(=O)(=O)NNC(=O)c2ccco2)c1. The molecule has 0 aliphatic carbocycles. The maximum absolute atomic E-state index is 12.3. The van der Waals surface area contributed by atoms with E-state index in [2.05, 4.69) is 10.7 Å². The van der Waals surface area contributed by atoms with Crippen LogP contribution in [0.5, 0.6) is 0 Å². The van der Waals surface area contributed by atoms with E-state index in [1.165, 1.54) is 31.4 Å². The quantitative estimate of drug-likeness (QED) is 0.708. The maximum atomic E-state index is 12.3. The Morgan fingerprint density at radius 2 is 1.91 bits per heavy atom. The average molecular weight is 337 g/mol. The molecule has 3 N–H and O–H groups in total. The molecule has 2 amide bonds. The molecule has 0 atom stereocenters. The van der Waals surface area contributed by atoms with Crippen molar-refractivity contribution in [3.63, 3.8) is 0 Å². The van der Waals surface area contributed by atoms with Crippen molar-refractivity contribution in [1.29, 1.82) is 0 Å². The number of nitrogens with one attached hydrogen (secondary N) is 3. The van der Waals surface area contributed by atoms with Gasteiger partial charge in [0.1, 0.15) is 0 Å². The molecule has 1 aromatic heterocycles. The number of hydrazine groups is 1. The lowest BCUT2D eigenvalue weighted by atomic mass is 10.2. The summed E-state index contributed by atoms with van der Waals surface area (Å²) in [6.07, 6.45) is 1.30. The molecule has 122 valence electrons. The first-order valence-electron chi connectivity index (χ1n) is 6.53. The van der Waals surface area contributed by atoms with E-state index < -0.39 is 15.9 Å². The number of carbonyl (C=O) groups is 2. The van der Waals surface area contributed by atoms with E-state index in [1.54, 1.807) is 19.1 Å². The van der Waals surface area contributed by atoms with E-state index in [4.69, 9.17) is 4.42 Å². The third-order valence-electron chi connectivity index (χ3n) is 2.84. The first kappa shape index (κ1) is 16.7. The molecule has 8 nitrogen and oxygen atoms in total. The Morgan fingerprint density at radius 3 is 2.52 bits per heavy atom. The molecule has 0 aliphatic heterocycles. The van der Waals surface area contributed by atoms with Gasteiger partial charge < -0.3 is 9.73 Å². The highest BCUT2D eigenvalue weighted by atomic mass is 32.2. The van der Waals surface area contributed by atoms with Crippen LogP contribution in [0.2, 0.25) is 0 Å². The summed E-state index contributed by atoms with van der Waals surface area (Å²) in [5, 5.41) is 2.50. The Bertz CT molecular complexity index is 828. The van der Waals surface area contributed by atoms with Crippen molar-refractivity contribution < 1.29 is 22.4 Å². The van der Waals surface area contributed by atoms with Crippen LogP contribution in [0.25, 0.3) is 0 Å². The minimum atomic E-state index is -4.01. The van der Waals surface area contributed by atoms with Crippen LogP contribution in [0.4, 0.5) is 5.69 Å². The van der Waals surface area contributed by atoms with Crippen LogP contribution >= 0.6 is 0 Å². The van der Waals surface area contributed by atoms with E-state index in [0.29, 0.717) is 11.3 Å². The van der Waals surface area contributed by atoms with Crippen LogP contribution in [0.1, 0.15) is 23.0 Å². The normalized spacial score (nSPS) is 11.0. The second-order valence-corrected chi connectivity index (χ2v) is 6.35. The Hall–Kier alpha value is -2.65. The minimum absolute atomic E-state index is 0.0311. The van der Waals surface area contributed by atoms with Crippen molar-refractivity contribution in [2.75, 3.05) is 5.32 Å². The van der Waals surface area contributed by atoms with Gasteiger partial charge in [-0.15, -0.1) is 4.83 Å². The average Bonchev–Trinajstić information content (AvgIpc) is 3.00. The van der Waals surface area contributed by atoms with Gasteiger partial charge in [0.15, 0.2) is 5.76 Å². The van der Waals surface area contributed by atoms with Crippen molar-refractivity contribution in [2.24, 2.45) is 0 Å². The molecule has 0 saturated heterocycles. The molecule has 9 heteroatoms. The monoisotopic (exact) mass is 337 g/mol. The smallest absolute Gasteiger partial charge is 0.301 e. The molecular weight excluding hydrogens is 322 g/mol. The van der Waals surface area contributed by atoms with Gasteiger partial charge in [-0.2, -0.15) is 0 Å². The van der Waals surface area contributed by atoms with E-state index >= 15 is 0 Å². The van der Waals surface area contributed by atoms with Crippen LogP contribution in [-0.2, 0) is 14.8 Å². The molecule has 2 rings (SSSR count). The minimum Gasteiger partial charge on any atom is -0.459 e. The van der Waals surface area contributed by atoms with Gasteiger partial charge in [-0.3, -0.25) is 15.0 Å². The molecule has 0 unspecified atom stereocenters. The van der Waals surface area contributed by atoms with Gasteiger partial charge in [-0.05, 0) is 36.8 Å². The van der Waals surface area contributed by atoms with Crippen molar-refractivity contribution in [3.8, 4) is 0 Å². The van der Waals surface area contributed by atoms with E-state index in [1.807, 2.05) is 4.83 Å². The second-order valence-electron chi connectivity index (χ2n) is 4.70. The summed E-state index contributed by atoms with van der Waals surface area (Å²) in [5.74, 6) is -1.08. The number of rotatable bonds is 5. The molecular formula is C14H15N3O5S. The molecule has 0 radical (unpaired) electrons. The summed E-state index contributed by atoms with van der Waals surface area (Å²) in [6.45, 7) is 2.91. The Labute approximate surface area is 132 Å². The molecule has 0 saturated carbocycles. The highest BCUT2D eigenvalue weighted by molar-refractivity contribution is 7.89. The lowest BCUT2D eigenvalue weighted by Gasteiger charge is -2.11. The fourth-order valence-corrected chi connectivity index (χ4v) is 2.92. The fourth-order valence-electron chi connectivity index (χ4n) is 1.81. The van der Waals surface area contributed by atoms with Crippen molar-refractivity contribution in [2.45, 2.75) is 18.7 Å². The summed E-state index contributed by atoms with van der Waals surface area (Å²) in [5.41, 5.74) is 2.84. The molecule has 1 heterocycles. The van der Waals surface area contributed by atoms with Gasteiger partial charge in [0, 0.05) is 12.6 Å². The summed E-state index contributed by atoms with van der Waals surface area (Å²) >= 11 is 0. The largest absolute Gasteiger partial charge is 0.459 e. The molecule has 2 aromatic rings. The molecule has 0 bridgehead atoms. The third kappa shape index (κ3) is 4.18. The van der Waals surface area contributed by atoms with Gasteiger partial charge in [0.25, 0.3) is 10.0 Å². The standard InChI is InChI=1S/C14H15N3O5S/c1-9-5-6-11(15-10(2)18)8-13(9)23(20,21)17-16-14(19)12-4-3-7-22-12/h3-8,17H,1-2H3,(H,15,18)(H,16,19). The van der Waals surface area contributed by atoms with E-state index in [9.17, 15) is 18.0 Å². The van der Waals surface area contributed by atoms with Crippen molar-refractivity contribution in [1.82, 2.24) is 10.3 Å². The fraction of sp³-hybridized carbons (Fsp3) is 0.143. The van der Waals surface area contributed by atoms with Crippen molar-refractivity contribution in [3.05, 3.63) is 47.9 Å². The zero-order valence-corrected chi connectivity index (χ0v) is 13.2. The number of amides is 2. The van der Waals surface area contributed by atoms with E-state index in [0.717, 1.165) is 0 Å². The number of hydrogen-bond acceptors (Lipinski definition) is 5. The first-order chi connectivity index (χ1) is 10.8. The first-order valence-corrected chi connectivity index (χ1v) is 8.02. The third-order valence-corrected chi connectivity index (χ3v) is 4.23. The number of benzene rings is 1. The number of hydrogen-bond donors (Lipinski definition) is 3. The molecule has 0 aliphatic rings. The highest BCUT2D eigenvalue weighted by Crippen LogP contribution is 2.19. The predicted molar refractivity (Wildman–Crippen MR) is 82.0 cm³/mol. The predicted octanol–water partition coefficient (Wildman–Crippen LogP) is 1.17. The number of carbonyl (C=O) groups excluding carboxylic acids is 2. The molecule has 0 fully saturated rings. The summed E-state index contributed by atoms with van der Waals surface area (Å²) < 4.78 is 29.5. The van der Waals surface area contributed by atoms with Crippen LogP contribution in [0, 0.1) is 6.92 Å². The van der Waals surface area contributed by atoms with Gasteiger partial charge in [0.05, 0.1) is 11.2 Å². The zero-order chi connectivity index (χ0) is 17.0. The zero-order valence-electron chi connectivity index (χ0n) is 12.4. The highest BCUT2D eigenvalue weighted by Gasteiger charge is 2.19.